The Kier molecular flexibility index (Phi) is 4.00. The molecule has 0 aliphatic heterocycles. The third-order valence-electron chi connectivity index (χ3n) is 2.16. The van der Waals surface area contributed by atoms with Crippen LogP contribution in [0.2, 0.25) is 0 Å². The maximum Gasteiger partial charge on any atom is 0.0529 e. The lowest BCUT2D eigenvalue weighted by Crippen LogP contribution is -1.92. The molecule has 1 atom stereocenters. The third kappa shape index (κ3) is 3.16. The van der Waals surface area contributed by atoms with E-state index in [1.54, 1.807) is 11.3 Å². The molecule has 15 heavy (non-hydrogen) atoms. The Hall–Kier alpha value is -0.120. The molecule has 78 valence electrons. The molecule has 0 radical (unpaired) electrons. The van der Waals surface area contributed by atoms with Crippen LogP contribution in [0.4, 0.5) is 0 Å². The van der Waals surface area contributed by atoms with Gasteiger partial charge >= 0.3 is 0 Å². The zero-order valence-corrected chi connectivity index (χ0v) is 12.0. The average molecular weight is 346 g/mol. The van der Waals surface area contributed by atoms with Gasteiger partial charge in [-0.1, -0.05) is 50.1 Å². The molecule has 0 N–H and O–H groups in total. The largest absolute Gasteiger partial charge is 0.148 e. The minimum Gasteiger partial charge on any atom is -0.148 e. The van der Waals surface area contributed by atoms with E-state index in [-0.39, 0.29) is 0 Å². The summed E-state index contributed by atoms with van der Waals surface area (Å²) in [5, 5.41) is 2.12. The summed E-state index contributed by atoms with van der Waals surface area (Å²) >= 11 is 9.01. The summed E-state index contributed by atoms with van der Waals surface area (Å²) in [6.45, 7) is 0. The Morgan fingerprint density at radius 3 is 2.73 bits per heavy atom. The normalized spacial score (nSPS) is 12.7. The van der Waals surface area contributed by atoms with Gasteiger partial charge in [0.25, 0.3) is 0 Å². The van der Waals surface area contributed by atoms with Crippen molar-refractivity contribution < 1.29 is 0 Å². The second-order valence-corrected chi connectivity index (χ2v) is 6.32. The van der Waals surface area contributed by atoms with Crippen molar-refractivity contribution in [3.63, 3.8) is 0 Å². The fraction of sp³-hybridized carbons (Fsp3) is 0.167. The van der Waals surface area contributed by atoms with Gasteiger partial charge in [0.2, 0.25) is 0 Å². The van der Waals surface area contributed by atoms with Crippen LogP contribution >= 0.6 is 43.2 Å². The van der Waals surface area contributed by atoms with Crippen LogP contribution in [0, 0.1) is 0 Å². The van der Waals surface area contributed by atoms with E-state index in [1.807, 2.05) is 0 Å². The van der Waals surface area contributed by atoms with Crippen molar-refractivity contribution in [3.05, 3.63) is 56.7 Å². The monoisotopic (exact) mass is 344 g/mol. The van der Waals surface area contributed by atoms with Crippen molar-refractivity contribution in [3.8, 4) is 0 Å². The molecule has 1 aromatic carbocycles. The molecular weight excluding hydrogens is 336 g/mol. The molecule has 0 saturated heterocycles. The standard InChI is InChI=1S/C12H10Br2S/c13-10-4-1-3-9(7-10)8-11(14)12-5-2-6-15-12/h1-7,11H,8H2. The first-order chi connectivity index (χ1) is 7.25. The van der Waals surface area contributed by atoms with E-state index in [2.05, 4.69) is 73.6 Å². The van der Waals surface area contributed by atoms with Gasteiger partial charge < -0.3 is 0 Å². The summed E-state index contributed by atoms with van der Waals surface area (Å²) in [7, 11) is 0. The predicted octanol–water partition coefficient (Wildman–Crippen LogP) is 5.19. The topological polar surface area (TPSA) is 0 Å². The van der Waals surface area contributed by atoms with Crippen molar-refractivity contribution in [2.45, 2.75) is 11.2 Å². The smallest absolute Gasteiger partial charge is 0.0529 e. The number of hydrogen-bond donors (Lipinski definition) is 0. The second kappa shape index (κ2) is 5.28. The van der Waals surface area contributed by atoms with Gasteiger partial charge in [0.1, 0.15) is 0 Å². The molecule has 0 bridgehead atoms. The number of hydrogen-bond acceptors (Lipinski definition) is 1. The van der Waals surface area contributed by atoms with Gasteiger partial charge in [-0.25, -0.2) is 0 Å². The van der Waals surface area contributed by atoms with Gasteiger partial charge in [0, 0.05) is 9.35 Å². The van der Waals surface area contributed by atoms with Gasteiger partial charge in [-0.05, 0) is 35.6 Å². The van der Waals surface area contributed by atoms with Crippen LogP contribution in [0.25, 0.3) is 0 Å². The minimum atomic E-state index is 0.423. The molecular formula is C12H10Br2S. The first-order valence-electron chi connectivity index (χ1n) is 4.67. The number of alkyl halides is 1. The first kappa shape index (κ1) is 11.4. The predicted molar refractivity (Wildman–Crippen MR) is 73.8 cm³/mol. The molecule has 0 amide bonds. The Balaban J connectivity index is 2.09. The Morgan fingerprint density at radius 2 is 2.07 bits per heavy atom. The van der Waals surface area contributed by atoms with Crippen LogP contribution in [0.5, 0.6) is 0 Å². The lowest BCUT2D eigenvalue weighted by molar-refractivity contribution is 0.968. The maximum atomic E-state index is 3.72. The molecule has 2 rings (SSSR count). The van der Waals surface area contributed by atoms with Crippen LogP contribution in [0.15, 0.2) is 46.3 Å². The molecule has 0 saturated carbocycles. The van der Waals surface area contributed by atoms with Crippen LogP contribution < -0.4 is 0 Å². The number of halogens is 2. The summed E-state index contributed by atoms with van der Waals surface area (Å²) < 4.78 is 1.14. The zero-order chi connectivity index (χ0) is 10.7. The quantitative estimate of drug-likeness (QED) is 0.671. The molecule has 0 aliphatic carbocycles. The van der Waals surface area contributed by atoms with Crippen molar-refractivity contribution in [1.29, 1.82) is 0 Å². The highest BCUT2D eigenvalue weighted by molar-refractivity contribution is 9.10. The molecule has 1 unspecified atom stereocenters. The minimum absolute atomic E-state index is 0.423. The Bertz CT molecular complexity index is 423. The van der Waals surface area contributed by atoms with E-state index in [0.717, 1.165) is 10.9 Å². The van der Waals surface area contributed by atoms with Crippen molar-refractivity contribution in [2.24, 2.45) is 0 Å². The molecule has 0 aliphatic rings. The molecule has 0 nitrogen and oxygen atoms in total. The fourth-order valence-electron chi connectivity index (χ4n) is 1.44. The van der Waals surface area contributed by atoms with E-state index in [0.29, 0.717) is 4.83 Å². The molecule has 0 fully saturated rings. The SMILES string of the molecule is Brc1cccc(CC(Br)c2cccs2)c1. The highest BCUT2D eigenvalue weighted by atomic mass is 79.9. The molecule has 2 aromatic rings. The number of rotatable bonds is 3. The Labute approximate surface area is 111 Å². The van der Waals surface area contributed by atoms with E-state index < -0.39 is 0 Å². The first-order valence-corrected chi connectivity index (χ1v) is 7.26. The van der Waals surface area contributed by atoms with Gasteiger partial charge in [-0.2, -0.15) is 0 Å². The van der Waals surface area contributed by atoms with Gasteiger partial charge in [0.05, 0.1) is 4.83 Å². The van der Waals surface area contributed by atoms with E-state index >= 15 is 0 Å². The van der Waals surface area contributed by atoms with Crippen LogP contribution in [0.3, 0.4) is 0 Å². The third-order valence-corrected chi connectivity index (χ3v) is 4.76. The summed E-state index contributed by atoms with van der Waals surface area (Å²) in [6, 6.07) is 12.7. The zero-order valence-electron chi connectivity index (χ0n) is 7.99. The average Bonchev–Trinajstić information content (AvgIpc) is 2.70. The highest BCUT2D eigenvalue weighted by Gasteiger charge is 2.09. The maximum absolute atomic E-state index is 3.72. The highest BCUT2D eigenvalue weighted by Crippen LogP contribution is 2.30. The summed E-state index contributed by atoms with van der Waals surface area (Å²) in [6.07, 6.45) is 1.03. The van der Waals surface area contributed by atoms with E-state index in [9.17, 15) is 0 Å². The Morgan fingerprint density at radius 1 is 1.20 bits per heavy atom. The summed E-state index contributed by atoms with van der Waals surface area (Å²) in [4.78, 5) is 1.81. The fourth-order valence-corrected chi connectivity index (χ4v) is 3.44. The second-order valence-electron chi connectivity index (χ2n) is 3.32. The van der Waals surface area contributed by atoms with Crippen molar-refractivity contribution >= 4 is 43.2 Å². The summed E-state index contributed by atoms with van der Waals surface area (Å²) in [5.41, 5.74) is 1.35. The van der Waals surface area contributed by atoms with Crippen molar-refractivity contribution in [1.82, 2.24) is 0 Å². The molecule has 1 heterocycles. The van der Waals surface area contributed by atoms with Crippen LogP contribution in [0.1, 0.15) is 15.3 Å². The lowest BCUT2D eigenvalue weighted by Gasteiger charge is -2.07. The summed E-state index contributed by atoms with van der Waals surface area (Å²) in [5.74, 6) is 0. The van der Waals surface area contributed by atoms with Gasteiger partial charge in [0.15, 0.2) is 0 Å². The number of thiophene rings is 1. The van der Waals surface area contributed by atoms with Gasteiger partial charge in [-0.15, -0.1) is 11.3 Å². The van der Waals surface area contributed by atoms with Crippen molar-refractivity contribution in [2.75, 3.05) is 0 Å². The molecule has 0 spiro atoms. The molecule has 1 aromatic heterocycles. The van der Waals surface area contributed by atoms with Gasteiger partial charge in [-0.3, -0.25) is 0 Å². The number of benzene rings is 1. The molecule has 3 heteroatoms. The van der Waals surface area contributed by atoms with E-state index in [1.165, 1.54) is 10.4 Å². The lowest BCUT2D eigenvalue weighted by atomic mass is 10.1. The van der Waals surface area contributed by atoms with E-state index in [4.69, 9.17) is 0 Å². The van der Waals surface area contributed by atoms with Crippen LogP contribution in [-0.2, 0) is 6.42 Å². The van der Waals surface area contributed by atoms with Crippen LogP contribution in [-0.4, -0.2) is 0 Å².